The third-order valence-electron chi connectivity index (χ3n) is 3.03. The molecule has 0 aliphatic heterocycles. The maximum Gasteiger partial charge on any atom is 0.241 e. The molecule has 0 saturated heterocycles. The highest BCUT2D eigenvalue weighted by molar-refractivity contribution is 14.1. The fourth-order valence-corrected chi connectivity index (χ4v) is 4.34. The van der Waals surface area contributed by atoms with Gasteiger partial charge in [-0.05, 0) is 36.8 Å². The molecule has 0 unspecified atom stereocenters. The van der Waals surface area contributed by atoms with Gasteiger partial charge in [-0.3, -0.25) is 0 Å². The maximum atomic E-state index is 12.4. The average molecular weight is 436 g/mol. The van der Waals surface area contributed by atoms with Crippen LogP contribution in [0, 0.1) is 6.92 Å². The van der Waals surface area contributed by atoms with Gasteiger partial charge >= 0.3 is 0 Å². The van der Waals surface area contributed by atoms with Gasteiger partial charge in [0.15, 0.2) is 0 Å². The molecule has 0 fully saturated rings. The van der Waals surface area contributed by atoms with Crippen LogP contribution in [0.15, 0.2) is 53.4 Å². The smallest absolute Gasteiger partial charge is 0.207 e. The summed E-state index contributed by atoms with van der Waals surface area (Å²) in [4.78, 5) is 0.268. The Morgan fingerprint density at radius 3 is 2.43 bits per heavy atom. The number of hydrogen-bond donors (Lipinski definition) is 1. The van der Waals surface area contributed by atoms with E-state index < -0.39 is 10.0 Å². The molecule has 1 atom stereocenters. The molecule has 0 saturated carbocycles. The second-order valence-corrected chi connectivity index (χ2v) is 7.73. The van der Waals surface area contributed by atoms with Crippen LogP contribution in [0.2, 0.25) is 5.02 Å². The molecular weight excluding hydrogens is 421 g/mol. The SMILES string of the molecule is Cc1ccc(S(=O)(=O)N[C@H](CI)c2cccc(Cl)c2)cc1. The number of halogens is 2. The summed E-state index contributed by atoms with van der Waals surface area (Å²) in [7, 11) is -3.55. The van der Waals surface area contributed by atoms with Gasteiger partial charge in [0, 0.05) is 9.45 Å². The van der Waals surface area contributed by atoms with Crippen molar-refractivity contribution in [2.24, 2.45) is 0 Å². The molecule has 112 valence electrons. The number of hydrogen-bond acceptors (Lipinski definition) is 2. The van der Waals surface area contributed by atoms with E-state index in [0.29, 0.717) is 9.45 Å². The van der Waals surface area contributed by atoms with Crippen LogP contribution in [0.25, 0.3) is 0 Å². The van der Waals surface area contributed by atoms with Gasteiger partial charge < -0.3 is 0 Å². The molecule has 1 N–H and O–H groups in total. The summed E-state index contributed by atoms with van der Waals surface area (Å²) in [5.41, 5.74) is 1.88. The maximum absolute atomic E-state index is 12.4. The lowest BCUT2D eigenvalue weighted by Gasteiger charge is -2.17. The van der Waals surface area contributed by atoms with Crippen LogP contribution in [-0.4, -0.2) is 12.8 Å². The van der Waals surface area contributed by atoms with Gasteiger partial charge in [-0.15, -0.1) is 0 Å². The van der Waals surface area contributed by atoms with Crippen molar-refractivity contribution < 1.29 is 8.42 Å². The Kier molecular flexibility index (Phi) is 5.65. The first kappa shape index (κ1) is 16.7. The summed E-state index contributed by atoms with van der Waals surface area (Å²) >= 11 is 8.13. The van der Waals surface area contributed by atoms with Crippen LogP contribution in [0.3, 0.4) is 0 Å². The van der Waals surface area contributed by atoms with Crippen LogP contribution in [-0.2, 0) is 10.0 Å². The van der Waals surface area contributed by atoms with Crippen molar-refractivity contribution in [1.82, 2.24) is 4.72 Å². The van der Waals surface area contributed by atoms with E-state index in [9.17, 15) is 8.42 Å². The quantitative estimate of drug-likeness (QED) is 0.568. The minimum atomic E-state index is -3.55. The van der Waals surface area contributed by atoms with Crippen LogP contribution in [0.1, 0.15) is 17.2 Å². The molecule has 6 heteroatoms. The van der Waals surface area contributed by atoms with Crippen molar-refractivity contribution in [2.45, 2.75) is 17.9 Å². The Labute approximate surface area is 143 Å². The monoisotopic (exact) mass is 435 g/mol. The lowest BCUT2D eigenvalue weighted by molar-refractivity contribution is 0.569. The van der Waals surface area contributed by atoms with E-state index in [1.807, 2.05) is 19.1 Å². The molecule has 0 radical (unpaired) electrons. The minimum Gasteiger partial charge on any atom is -0.207 e. The zero-order valence-corrected chi connectivity index (χ0v) is 15.1. The van der Waals surface area contributed by atoms with Gasteiger partial charge in [0.25, 0.3) is 0 Å². The summed E-state index contributed by atoms with van der Waals surface area (Å²) < 4.78 is 28.2. The predicted molar refractivity (Wildman–Crippen MR) is 94.6 cm³/mol. The molecule has 0 amide bonds. The number of alkyl halides is 1. The normalized spacial score (nSPS) is 13.1. The number of rotatable bonds is 5. The van der Waals surface area contributed by atoms with Crippen LogP contribution in [0.4, 0.5) is 0 Å². The van der Waals surface area contributed by atoms with Crippen LogP contribution in [0.5, 0.6) is 0 Å². The molecule has 0 aliphatic rings. The van der Waals surface area contributed by atoms with Gasteiger partial charge in [0.05, 0.1) is 10.9 Å². The van der Waals surface area contributed by atoms with Gasteiger partial charge in [0.2, 0.25) is 10.0 Å². The highest BCUT2D eigenvalue weighted by Crippen LogP contribution is 2.22. The molecular formula is C15H15ClINO2S. The van der Waals surface area contributed by atoms with E-state index in [4.69, 9.17) is 11.6 Å². The third kappa shape index (κ3) is 4.42. The van der Waals surface area contributed by atoms with Gasteiger partial charge in [-0.25, -0.2) is 13.1 Å². The first-order valence-electron chi connectivity index (χ1n) is 6.33. The Morgan fingerprint density at radius 1 is 1.19 bits per heavy atom. The molecule has 3 nitrogen and oxygen atoms in total. The molecule has 2 rings (SSSR count). The highest BCUT2D eigenvalue weighted by Gasteiger charge is 2.20. The molecule has 0 bridgehead atoms. The Morgan fingerprint density at radius 2 is 1.86 bits per heavy atom. The molecule has 0 spiro atoms. The summed E-state index contributed by atoms with van der Waals surface area (Å²) in [6.45, 7) is 1.92. The summed E-state index contributed by atoms with van der Waals surface area (Å²) in [5, 5.41) is 0.594. The number of aryl methyl sites for hydroxylation is 1. The predicted octanol–water partition coefficient (Wildman–Crippen LogP) is 4.10. The minimum absolute atomic E-state index is 0.268. The van der Waals surface area contributed by atoms with Crippen molar-refractivity contribution in [1.29, 1.82) is 0 Å². The van der Waals surface area contributed by atoms with E-state index in [0.717, 1.165) is 11.1 Å². The summed E-state index contributed by atoms with van der Waals surface area (Å²) in [6.07, 6.45) is 0. The number of nitrogens with one attached hydrogen (secondary N) is 1. The topological polar surface area (TPSA) is 46.2 Å². The zero-order valence-electron chi connectivity index (χ0n) is 11.4. The lowest BCUT2D eigenvalue weighted by atomic mass is 10.1. The van der Waals surface area contributed by atoms with Crippen molar-refractivity contribution >= 4 is 44.2 Å². The average Bonchev–Trinajstić information content (AvgIpc) is 2.45. The fourth-order valence-electron chi connectivity index (χ4n) is 1.88. The standard InChI is InChI=1S/C15H15ClINO2S/c1-11-5-7-14(8-6-11)21(19,20)18-15(10-17)12-3-2-4-13(16)9-12/h2-9,15,18H,10H2,1H3/t15-/m1/s1. The molecule has 0 aliphatic carbocycles. The van der Waals surface area contributed by atoms with Gasteiger partial charge in [0.1, 0.15) is 0 Å². The summed E-state index contributed by atoms with van der Waals surface area (Å²) in [5.74, 6) is 0. The first-order valence-corrected chi connectivity index (χ1v) is 9.71. The van der Waals surface area contributed by atoms with E-state index in [1.54, 1.807) is 36.4 Å². The second-order valence-electron chi connectivity index (χ2n) is 4.70. The summed E-state index contributed by atoms with van der Waals surface area (Å²) in [6, 6.07) is 13.7. The Hall–Kier alpha value is -0.630. The van der Waals surface area contributed by atoms with E-state index in [-0.39, 0.29) is 10.9 Å². The molecule has 0 heterocycles. The van der Waals surface area contributed by atoms with Crippen molar-refractivity contribution in [3.63, 3.8) is 0 Å². The molecule has 21 heavy (non-hydrogen) atoms. The van der Waals surface area contributed by atoms with E-state index >= 15 is 0 Å². The number of sulfonamides is 1. The van der Waals surface area contributed by atoms with Crippen LogP contribution < -0.4 is 4.72 Å². The first-order chi connectivity index (χ1) is 9.92. The van der Waals surface area contributed by atoms with Crippen molar-refractivity contribution in [2.75, 3.05) is 4.43 Å². The Balaban J connectivity index is 2.27. The molecule has 2 aromatic rings. The van der Waals surface area contributed by atoms with Gasteiger partial charge in [-0.2, -0.15) is 0 Å². The molecule has 0 aromatic heterocycles. The third-order valence-corrected chi connectivity index (χ3v) is 5.64. The Bertz CT molecular complexity index is 717. The van der Waals surface area contributed by atoms with Crippen molar-refractivity contribution in [3.8, 4) is 0 Å². The van der Waals surface area contributed by atoms with Crippen molar-refractivity contribution in [3.05, 3.63) is 64.7 Å². The largest absolute Gasteiger partial charge is 0.241 e. The number of benzene rings is 2. The second kappa shape index (κ2) is 7.09. The molecule has 2 aromatic carbocycles. The fraction of sp³-hybridized carbons (Fsp3) is 0.200. The van der Waals surface area contributed by atoms with E-state index in [1.165, 1.54) is 0 Å². The van der Waals surface area contributed by atoms with E-state index in [2.05, 4.69) is 27.3 Å². The van der Waals surface area contributed by atoms with Crippen LogP contribution >= 0.6 is 34.2 Å². The lowest BCUT2D eigenvalue weighted by Crippen LogP contribution is -2.29. The zero-order chi connectivity index (χ0) is 15.5. The van der Waals surface area contributed by atoms with Gasteiger partial charge in [-0.1, -0.05) is 64.0 Å². The highest BCUT2D eigenvalue weighted by atomic mass is 127.